The molecular weight excluding hydrogens is 329 g/mol. The molecule has 0 fully saturated rings. The molecule has 0 radical (unpaired) electrons. The normalized spacial score (nSPS) is 13.3. The van der Waals surface area contributed by atoms with E-state index in [-0.39, 0.29) is 6.71 Å². The van der Waals surface area contributed by atoms with Crippen LogP contribution < -0.4 is 26.0 Å². The van der Waals surface area contributed by atoms with Crippen molar-refractivity contribution in [1.29, 1.82) is 0 Å². The van der Waals surface area contributed by atoms with Crippen molar-refractivity contribution in [3.05, 3.63) is 97.1 Å². The van der Waals surface area contributed by atoms with E-state index in [1.54, 1.807) is 0 Å². The van der Waals surface area contributed by atoms with Gasteiger partial charge in [-0.25, -0.2) is 0 Å². The first-order chi connectivity index (χ1) is 13.4. The number of hydrogen-bond acceptors (Lipinski definition) is 2. The molecule has 4 aromatic carbocycles. The van der Waals surface area contributed by atoms with Gasteiger partial charge in [-0.05, 0) is 52.8 Å². The van der Waals surface area contributed by atoms with Crippen molar-refractivity contribution < 1.29 is 4.74 Å². The lowest BCUT2D eigenvalue weighted by atomic mass is 9.34. The molecule has 2 nitrogen and oxygen atoms in total. The average molecular weight is 345 g/mol. The summed E-state index contributed by atoms with van der Waals surface area (Å²) in [6.07, 6.45) is 0. The Hall–Kier alpha value is -3.46. The Kier molecular flexibility index (Phi) is 3.00. The smallest absolute Gasteiger partial charge is 0.256 e. The first-order valence-electron chi connectivity index (χ1n) is 9.25. The lowest BCUT2D eigenvalue weighted by Gasteiger charge is -2.39. The van der Waals surface area contributed by atoms with E-state index >= 15 is 0 Å². The molecule has 0 spiro atoms. The van der Waals surface area contributed by atoms with E-state index < -0.39 is 0 Å². The van der Waals surface area contributed by atoms with Crippen molar-refractivity contribution in [2.24, 2.45) is 0 Å². The minimum atomic E-state index is 0.192. The molecule has 0 saturated heterocycles. The average Bonchev–Trinajstić information content (AvgIpc) is 2.74. The van der Waals surface area contributed by atoms with Gasteiger partial charge in [-0.2, -0.15) is 0 Å². The number of fused-ring (bicyclic) bond motifs is 4. The Morgan fingerprint density at radius 3 is 2.11 bits per heavy atom. The first-order valence-corrected chi connectivity index (χ1v) is 9.25. The van der Waals surface area contributed by atoms with E-state index in [2.05, 4.69) is 95.9 Å². The van der Waals surface area contributed by atoms with Gasteiger partial charge < -0.3 is 9.64 Å². The number of ether oxygens (including phenoxy) is 1. The molecule has 0 aliphatic carbocycles. The fourth-order valence-electron chi connectivity index (χ4n) is 4.44. The van der Waals surface area contributed by atoms with E-state index in [4.69, 9.17) is 4.74 Å². The summed E-state index contributed by atoms with van der Waals surface area (Å²) in [7, 11) is 0. The van der Waals surface area contributed by atoms with Crippen LogP contribution in [0.25, 0.3) is 0 Å². The van der Waals surface area contributed by atoms with Crippen LogP contribution in [0.4, 0.5) is 17.1 Å². The minimum Gasteiger partial charge on any atom is -0.458 e. The highest BCUT2D eigenvalue weighted by Crippen LogP contribution is 2.39. The molecular formula is C24H16BNO. The summed E-state index contributed by atoms with van der Waals surface area (Å²) in [6.45, 7) is 0.192. The number of rotatable bonds is 1. The predicted molar refractivity (Wildman–Crippen MR) is 112 cm³/mol. The van der Waals surface area contributed by atoms with Crippen LogP contribution >= 0.6 is 0 Å². The largest absolute Gasteiger partial charge is 0.458 e. The van der Waals surface area contributed by atoms with Gasteiger partial charge >= 0.3 is 0 Å². The van der Waals surface area contributed by atoms with Gasteiger partial charge in [0.25, 0.3) is 6.71 Å². The predicted octanol–water partition coefficient (Wildman–Crippen LogP) is 4.09. The molecule has 6 rings (SSSR count). The minimum absolute atomic E-state index is 0.192. The first kappa shape index (κ1) is 14.7. The fourth-order valence-corrected chi connectivity index (χ4v) is 4.44. The van der Waals surface area contributed by atoms with Crippen molar-refractivity contribution in [2.45, 2.75) is 0 Å². The second kappa shape index (κ2) is 5.52. The molecule has 0 amide bonds. The Bertz CT molecular complexity index is 1170. The van der Waals surface area contributed by atoms with E-state index in [0.29, 0.717) is 0 Å². The lowest BCUT2D eigenvalue weighted by Crippen LogP contribution is -2.59. The van der Waals surface area contributed by atoms with E-state index in [1.165, 1.54) is 27.8 Å². The quantitative estimate of drug-likeness (QED) is 0.416. The van der Waals surface area contributed by atoms with E-state index in [1.807, 2.05) is 6.07 Å². The standard InChI is InChI=1S/C24H16BNO/c1-2-9-17(10-3-1)26-20-13-6-4-11-18(20)25-19-12-5-7-15-22(19)27-23-16-8-14-21(26)24(23)25/h1-16H. The molecule has 0 unspecified atom stereocenters. The van der Waals surface area contributed by atoms with Crippen molar-refractivity contribution in [3.8, 4) is 11.5 Å². The molecule has 4 aromatic rings. The molecule has 0 atom stereocenters. The van der Waals surface area contributed by atoms with Crippen LogP contribution in [0, 0.1) is 0 Å². The van der Waals surface area contributed by atoms with Crippen LogP contribution in [0.1, 0.15) is 0 Å². The summed E-state index contributed by atoms with van der Waals surface area (Å²) < 4.78 is 6.30. The summed E-state index contributed by atoms with van der Waals surface area (Å²) in [4.78, 5) is 2.35. The fraction of sp³-hybridized carbons (Fsp3) is 0. The molecule has 0 saturated carbocycles. The summed E-state index contributed by atoms with van der Waals surface area (Å²) in [6, 6.07) is 34.0. The summed E-state index contributed by atoms with van der Waals surface area (Å²) >= 11 is 0. The zero-order chi connectivity index (χ0) is 17.8. The van der Waals surface area contributed by atoms with Gasteiger partial charge in [0.05, 0.1) is 0 Å². The summed E-state index contributed by atoms with van der Waals surface area (Å²) in [5.41, 5.74) is 7.39. The third-order valence-electron chi connectivity index (χ3n) is 5.53. The van der Waals surface area contributed by atoms with Crippen molar-refractivity contribution in [2.75, 3.05) is 4.90 Å². The number of para-hydroxylation sites is 3. The molecule has 0 bridgehead atoms. The number of anilines is 3. The topological polar surface area (TPSA) is 12.5 Å². The van der Waals surface area contributed by atoms with E-state index in [0.717, 1.165) is 17.2 Å². The Morgan fingerprint density at radius 2 is 1.22 bits per heavy atom. The number of hydrogen-bond donors (Lipinski definition) is 0. The molecule has 126 valence electrons. The molecule has 0 aromatic heterocycles. The van der Waals surface area contributed by atoms with Gasteiger partial charge in [-0.1, -0.05) is 60.7 Å². The summed E-state index contributed by atoms with van der Waals surface area (Å²) in [5.74, 6) is 1.90. The van der Waals surface area contributed by atoms with Crippen LogP contribution in [0.5, 0.6) is 11.5 Å². The van der Waals surface area contributed by atoms with Gasteiger partial charge in [0.2, 0.25) is 0 Å². The Labute approximate surface area is 158 Å². The van der Waals surface area contributed by atoms with Crippen LogP contribution in [0.3, 0.4) is 0 Å². The van der Waals surface area contributed by atoms with Gasteiger partial charge in [0.15, 0.2) is 0 Å². The van der Waals surface area contributed by atoms with E-state index in [9.17, 15) is 0 Å². The molecule has 2 heterocycles. The maximum Gasteiger partial charge on any atom is 0.256 e. The summed E-state index contributed by atoms with van der Waals surface area (Å²) in [5, 5.41) is 0. The van der Waals surface area contributed by atoms with Crippen LogP contribution in [-0.2, 0) is 0 Å². The maximum absolute atomic E-state index is 6.30. The lowest BCUT2D eigenvalue weighted by molar-refractivity contribution is 0.487. The number of benzene rings is 4. The third-order valence-corrected chi connectivity index (χ3v) is 5.53. The highest BCUT2D eigenvalue weighted by molar-refractivity contribution is 6.99. The third kappa shape index (κ3) is 2.03. The van der Waals surface area contributed by atoms with Gasteiger partial charge in [0, 0.05) is 17.1 Å². The maximum atomic E-state index is 6.30. The van der Waals surface area contributed by atoms with Crippen molar-refractivity contribution >= 4 is 40.2 Å². The van der Waals surface area contributed by atoms with Crippen LogP contribution in [-0.4, -0.2) is 6.71 Å². The van der Waals surface area contributed by atoms with Crippen molar-refractivity contribution in [1.82, 2.24) is 0 Å². The molecule has 2 aliphatic rings. The highest BCUT2D eigenvalue weighted by atomic mass is 16.5. The van der Waals surface area contributed by atoms with Crippen molar-refractivity contribution in [3.63, 3.8) is 0 Å². The zero-order valence-corrected chi connectivity index (χ0v) is 14.7. The second-order valence-corrected chi connectivity index (χ2v) is 6.99. The molecule has 27 heavy (non-hydrogen) atoms. The highest BCUT2D eigenvalue weighted by Gasteiger charge is 2.41. The zero-order valence-electron chi connectivity index (χ0n) is 14.7. The molecule has 0 N–H and O–H groups in total. The molecule has 2 aliphatic heterocycles. The van der Waals surface area contributed by atoms with Gasteiger partial charge in [0.1, 0.15) is 11.5 Å². The SMILES string of the molecule is c1ccc(N2c3ccccc3B3c4ccccc4Oc4cccc2c43)cc1. The second-order valence-electron chi connectivity index (χ2n) is 6.99. The van der Waals surface area contributed by atoms with Crippen LogP contribution in [0.15, 0.2) is 97.1 Å². The van der Waals surface area contributed by atoms with Gasteiger partial charge in [-0.3, -0.25) is 0 Å². The van der Waals surface area contributed by atoms with Gasteiger partial charge in [-0.15, -0.1) is 0 Å². The number of nitrogens with zero attached hydrogens (tertiary/aromatic N) is 1. The monoisotopic (exact) mass is 345 g/mol. The van der Waals surface area contributed by atoms with Crippen LogP contribution in [0.2, 0.25) is 0 Å². The molecule has 3 heteroatoms. The Balaban J connectivity index is 1.70. The Morgan fingerprint density at radius 1 is 0.556 bits per heavy atom.